The molecule has 0 saturated heterocycles. The Morgan fingerprint density at radius 3 is 2.19 bits per heavy atom. The Labute approximate surface area is 135 Å². The Kier molecular flexibility index (Phi) is 5.27. The zero-order chi connectivity index (χ0) is 15.4. The molecule has 2 rings (SSSR count). The fraction of sp³-hybridized carbons (Fsp3) is 0.235. The average molecular weight is 322 g/mol. The Hall–Kier alpha value is -1.51. The monoisotopic (exact) mass is 321 g/mol. The summed E-state index contributed by atoms with van der Waals surface area (Å²) >= 11 is 12.1. The van der Waals surface area contributed by atoms with Crippen LogP contribution in [-0.2, 0) is 0 Å². The van der Waals surface area contributed by atoms with Crippen molar-refractivity contribution in [2.75, 3.05) is 0 Å². The maximum Gasteiger partial charge on any atom is 0.254 e. The SMILES string of the molecule is CCC(NC(=O)c1c(Cl)cccc1Cl)c1ccc(C)cc1. The Bertz CT molecular complexity index is 617. The highest BCUT2D eigenvalue weighted by atomic mass is 35.5. The molecule has 1 amide bonds. The van der Waals surface area contributed by atoms with Gasteiger partial charge in [0.2, 0.25) is 0 Å². The van der Waals surface area contributed by atoms with Crippen LogP contribution in [0.2, 0.25) is 10.0 Å². The fourth-order valence-corrected chi connectivity index (χ4v) is 2.73. The van der Waals surface area contributed by atoms with Gasteiger partial charge in [0, 0.05) is 0 Å². The highest BCUT2D eigenvalue weighted by Crippen LogP contribution is 2.25. The largest absolute Gasteiger partial charge is 0.345 e. The van der Waals surface area contributed by atoms with Crippen molar-refractivity contribution in [2.45, 2.75) is 26.3 Å². The number of amides is 1. The molecule has 0 aliphatic heterocycles. The summed E-state index contributed by atoms with van der Waals surface area (Å²) in [4.78, 5) is 12.4. The molecule has 0 heterocycles. The zero-order valence-electron chi connectivity index (χ0n) is 12.0. The van der Waals surface area contributed by atoms with Crippen LogP contribution in [0, 0.1) is 6.92 Å². The molecule has 0 aromatic heterocycles. The first-order valence-corrected chi connectivity index (χ1v) is 7.60. The van der Waals surface area contributed by atoms with Gasteiger partial charge in [-0.1, -0.05) is 66.0 Å². The molecule has 0 aliphatic rings. The second-order valence-electron chi connectivity index (χ2n) is 4.94. The van der Waals surface area contributed by atoms with Crippen molar-refractivity contribution in [3.05, 3.63) is 69.2 Å². The topological polar surface area (TPSA) is 29.1 Å². The second-order valence-corrected chi connectivity index (χ2v) is 5.76. The molecule has 0 saturated carbocycles. The van der Waals surface area contributed by atoms with Gasteiger partial charge in [-0.05, 0) is 31.0 Å². The third-order valence-corrected chi connectivity index (χ3v) is 4.01. The summed E-state index contributed by atoms with van der Waals surface area (Å²) in [5, 5.41) is 3.71. The minimum absolute atomic E-state index is 0.0644. The predicted octanol–water partition coefficient (Wildman–Crippen LogP) is 5.18. The highest BCUT2D eigenvalue weighted by Gasteiger charge is 2.18. The molecule has 1 unspecified atom stereocenters. The van der Waals surface area contributed by atoms with E-state index < -0.39 is 0 Å². The number of aryl methyl sites for hydroxylation is 1. The number of nitrogens with one attached hydrogen (secondary N) is 1. The van der Waals surface area contributed by atoms with E-state index in [4.69, 9.17) is 23.2 Å². The molecule has 2 aromatic rings. The average Bonchev–Trinajstić information content (AvgIpc) is 2.45. The smallest absolute Gasteiger partial charge is 0.254 e. The van der Waals surface area contributed by atoms with Crippen molar-refractivity contribution >= 4 is 29.1 Å². The number of hydrogen-bond acceptors (Lipinski definition) is 1. The normalized spacial score (nSPS) is 12.0. The van der Waals surface area contributed by atoms with Gasteiger partial charge in [0.1, 0.15) is 0 Å². The number of hydrogen-bond donors (Lipinski definition) is 1. The van der Waals surface area contributed by atoms with Crippen LogP contribution in [0.15, 0.2) is 42.5 Å². The lowest BCUT2D eigenvalue weighted by Gasteiger charge is -2.18. The zero-order valence-corrected chi connectivity index (χ0v) is 13.5. The van der Waals surface area contributed by atoms with Crippen LogP contribution in [-0.4, -0.2) is 5.91 Å². The molecule has 21 heavy (non-hydrogen) atoms. The Morgan fingerprint density at radius 1 is 1.10 bits per heavy atom. The molecular formula is C17H17Cl2NO. The number of rotatable bonds is 4. The van der Waals surface area contributed by atoms with Crippen molar-refractivity contribution in [2.24, 2.45) is 0 Å². The molecular weight excluding hydrogens is 305 g/mol. The highest BCUT2D eigenvalue weighted by molar-refractivity contribution is 6.39. The Morgan fingerprint density at radius 2 is 1.67 bits per heavy atom. The summed E-state index contributed by atoms with van der Waals surface area (Å²) in [7, 11) is 0. The Balaban J connectivity index is 2.22. The van der Waals surface area contributed by atoms with Gasteiger partial charge in [0.05, 0.1) is 21.7 Å². The predicted molar refractivity (Wildman–Crippen MR) is 88.1 cm³/mol. The van der Waals surface area contributed by atoms with E-state index in [1.54, 1.807) is 18.2 Å². The lowest BCUT2D eigenvalue weighted by atomic mass is 10.0. The second kappa shape index (κ2) is 6.97. The van der Waals surface area contributed by atoms with Crippen LogP contribution in [0.4, 0.5) is 0 Å². The number of carbonyl (C=O) groups is 1. The van der Waals surface area contributed by atoms with Crippen LogP contribution in [0.25, 0.3) is 0 Å². The van der Waals surface area contributed by atoms with E-state index in [9.17, 15) is 4.79 Å². The van der Waals surface area contributed by atoms with E-state index in [1.807, 2.05) is 38.1 Å². The van der Waals surface area contributed by atoms with E-state index in [2.05, 4.69) is 5.32 Å². The van der Waals surface area contributed by atoms with Gasteiger partial charge in [-0.25, -0.2) is 0 Å². The summed E-state index contributed by atoms with van der Waals surface area (Å²) in [6.45, 7) is 4.06. The summed E-state index contributed by atoms with van der Waals surface area (Å²) in [5.41, 5.74) is 2.58. The van der Waals surface area contributed by atoms with Gasteiger partial charge in [-0.15, -0.1) is 0 Å². The van der Waals surface area contributed by atoms with Gasteiger partial charge in [-0.2, -0.15) is 0 Å². The van der Waals surface area contributed by atoms with E-state index in [-0.39, 0.29) is 11.9 Å². The molecule has 4 heteroatoms. The molecule has 110 valence electrons. The van der Waals surface area contributed by atoms with Gasteiger partial charge in [0.15, 0.2) is 0 Å². The van der Waals surface area contributed by atoms with E-state index in [0.29, 0.717) is 15.6 Å². The third kappa shape index (κ3) is 3.78. The first kappa shape index (κ1) is 15.9. The van der Waals surface area contributed by atoms with Crippen molar-refractivity contribution in [1.82, 2.24) is 5.32 Å². The van der Waals surface area contributed by atoms with Gasteiger partial charge in [0.25, 0.3) is 5.91 Å². The van der Waals surface area contributed by atoms with Crippen LogP contribution < -0.4 is 5.32 Å². The van der Waals surface area contributed by atoms with Gasteiger partial charge >= 0.3 is 0 Å². The lowest BCUT2D eigenvalue weighted by Crippen LogP contribution is -2.28. The van der Waals surface area contributed by atoms with Crippen molar-refractivity contribution < 1.29 is 4.79 Å². The molecule has 0 fully saturated rings. The maximum absolute atomic E-state index is 12.4. The lowest BCUT2D eigenvalue weighted by molar-refractivity contribution is 0.0936. The molecule has 2 nitrogen and oxygen atoms in total. The first-order chi connectivity index (χ1) is 10.0. The fourth-order valence-electron chi connectivity index (χ4n) is 2.17. The summed E-state index contributed by atoms with van der Waals surface area (Å²) < 4.78 is 0. The molecule has 1 atom stereocenters. The van der Waals surface area contributed by atoms with E-state index in [0.717, 1.165) is 12.0 Å². The minimum atomic E-state index is -0.252. The van der Waals surface area contributed by atoms with E-state index >= 15 is 0 Å². The van der Waals surface area contributed by atoms with Crippen LogP contribution >= 0.6 is 23.2 Å². The molecule has 0 aliphatic carbocycles. The number of halogens is 2. The molecule has 1 N–H and O–H groups in total. The number of benzene rings is 2. The molecule has 0 bridgehead atoms. The standard InChI is InChI=1S/C17H17Cl2NO/c1-3-15(12-9-7-11(2)8-10-12)20-17(21)16-13(18)5-4-6-14(16)19/h4-10,15H,3H2,1-2H3,(H,20,21). The van der Waals surface area contributed by atoms with E-state index in [1.165, 1.54) is 5.56 Å². The number of carbonyl (C=O) groups excluding carboxylic acids is 1. The van der Waals surface area contributed by atoms with Crippen LogP contribution in [0.1, 0.15) is 40.9 Å². The summed E-state index contributed by atoms with van der Waals surface area (Å²) in [5.74, 6) is -0.252. The summed E-state index contributed by atoms with van der Waals surface area (Å²) in [6, 6.07) is 13.1. The van der Waals surface area contributed by atoms with Gasteiger partial charge in [-0.3, -0.25) is 4.79 Å². The molecule has 0 spiro atoms. The van der Waals surface area contributed by atoms with Crippen molar-refractivity contribution in [3.63, 3.8) is 0 Å². The van der Waals surface area contributed by atoms with Crippen LogP contribution in [0.3, 0.4) is 0 Å². The van der Waals surface area contributed by atoms with Gasteiger partial charge < -0.3 is 5.32 Å². The molecule has 2 aromatic carbocycles. The maximum atomic E-state index is 12.4. The first-order valence-electron chi connectivity index (χ1n) is 6.84. The quantitative estimate of drug-likeness (QED) is 0.825. The third-order valence-electron chi connectivity index (χ3n) is 3.38. The minimum Gasteiger partial charge on any atom is -0.345 e. The summed E-state index contributed by atoms with van der Waals surface area (Å²) in [6.07, 6.45) is 0.789. The molecule has 0 radical (unpaired) electrons. The van der Waals surface area contributed by atoms with Crippen molar-refractivity contribution in [3.8, 4) is 0 Å². The van der Waals surface area contributed by atoms with Crippen LogP contribution in [0.5, 0.6) is 0 Å². The van der Waals surface area contributed by atoms with Crippen molar-refractivity contribution in [1.29, 1.82) is 0 Å².